The van der Waals surface area contributed by atoms with Crippen molar-refractivity contribution in [2.75, 3.05) is 0 Å². The molecule has 0 amide bonds. The van der Waals surface area contributed by atoms with Crippen molar-refractivity contribution in [2.45, 2.75) is 198 Å². The number of rotatable bonds is 28. The lowest BCUT2D eigenvalue weighted by Gasteiger charge is -2.15. The van der Waals surface area contributed by atoms with Gasteiger partial charge in [-0.1, -0.05) is 193 Å². The van der Waals surface area contributed by atoms with E-state index in [-0.39, 0.29) is 11.5 Å². The van der Waals surface area contributed by atoms with Crippen LogP contribution in [0.3, 0.4) is 0 Å². The Hall–Kier alpha value is -4.06. The van der Waals surface area contributed by atoms with Crippen LogP contribution in [0.4, 0.5) is 0 Å². The number of para-hydroxylation sites is 2. The Bertz CT molecular complexity index is 1960. The molecule has 2 heterocycles. The van der Waals surface area contributed by atoms with Gasteiger partial charge in [-0.15, -0.1) is 0 Å². The summed E-state index contributed by atoms with van der Waals surface area (Å²) in [6, 6.07) is 14.2. The van der Waals surface area contributed by atoms with Crippen LogP contribution in [0, 0.1) is 35.5 Å². The highest BCUT2D eigenvalue weighted by molar-refractivity contribution is 5.84. The van der Waals surface area contributed by atoms with Gasteiger partial charge in [0, 0.05) is 12.8 Å². The number of aromatic hydroxyl groups is 2. The molecule has 0 saturated carbocycles. The molecule has 0 aliphatic heterocycles. The molecular weight excluding hydrogens is 793 g/mol. The third kappa shape index (κ3) is 20.4. The topological polar surface area (TPSA) is 101 Å². The summed E-state index contributed by atoms with van der Waals surface area (Å²) < 4.78 is 10.7. The molecule has 2 aromatic carbocycles. The molecule has 0 fully saturated rings. The molecule has 6 heteroatoms. The fourth-order valence-corrected chi connectivity index (χ4v) is 8.88. The molecular formula is C58H88O6. The molecule has 2 N–H and O–H groups in total. The molecule has 6 nitrogen and oxygen atoms in total. The van der Waals surface area contributed by atoms with Crippen LogP contribution in [0.25, 0.3) is 21.9 Å². The predicted octanol–water partition coefficient (Wildman–Crippen LogP) is 16.9. The van der Waals surface area contributed by atoms with Gasteiger partial charge in [0.25, 0.3) is 0 Å². The van der Waals surface area contributed by atoms with Gasteiger partial charge in [0.2, 0.25) is 0 Å². The summed E-state index contributed by atoms with van der Waals surface area (Å²) in [7, 11) is 0. The van der Waals surface area contributed by atoms with Crippen LogP contribution < -0.4 is 11.3 Å². The van der Waals surface area contributed by atoms with Crippen molar-refractivity contribution >= 4 is 21.9 Å². The maximum Gasteiger partial charge on any atom is 0.343 e. The maximum absolute atomic E-state index is 12.3. The molecule has 4 atom stereocenters. The van der Waals surface area contributed by atoms with Gasteiger partial charge in [-0.3, -0.25) is 0 Å². The van der Waals surface area contributed by atoms with Gasteiger partial charge in [0.15, 0.2) is 0 Å². The van der Waals surface area contributed by atoms with E-state index < -0.39 is 11.3 Å². The third-order valence-electron chi connectivity index (χ3n) is 13.3. The third-order valence-corrected chi connectivity index (χ3v) is 13.3. The first-order chi connectivity index (χ1) is 30.5. The standard InChI is InChI=1S/2C29H44O3/c2*1-21(2)11-8-12-22(3)13-9-14-23(4)15-10-16-24(5)19-20-26-28(30)25-17-6-7-18-27(25)32-29(26)31/h2*6-7,17-19,21-23,30H,8-16,20H2,1-5H3/b2*24-19+/t2*22-,23-/m11/s1. The highest BCUT2D eigenvalue weighted by Crippen LogP contribution is 2.29. The molecule has 64 heavy (non-hydrogen) atoms. The number of hydrogen-bond donors (Lipinski definition) is 2. The second kappa shape index (κ2) is 29.5. The summed E-state index contributed by atoms with van der Waals surface area (Å²) in [5.41, 5.74) is 3.19. The van der Waals surface area contributed by atoms with Crippen LogP contribution in [0.15, 0.2) is 90.3 Å². The van der Waals surface area contributed by atoms with E-state index in [9.17, 15) is 19.8 Å². The van der Waals surface area contributed by atoms with Crippen molar-refractivity contribution in [1.29, 1.82) is 0 Å². The molecule has 2 aromatic heterocycles. The lowest BCUT2D eigenvalue weighted by atomic mass is 9.91. The molecule has 356 valence electrons. The molecule has 0 spiro atoms. The first-order valence-electron chi connectivity index (χ1n) is 25.3. The smallest absolute Gasteiger partial charge is 0.343 e. The minimum Gasteiger partial charge on any atom is -0.507 e. The van der Waals surface area contributed by atoms with E-state index in [4.69, 9.17) is 8.83 Å². The number of fused-ring (bicyclic) bond motifs is 2. The minimum absolute atomic E-state index is 0.0490. The van der Waals surface area contributed by atoms with Crippen molar-refractivity contribution in [2.24, 2.45) is 35.5 Å². The average Bonchev–Trinajstić information content (AvgIpc) is 3.23. The SMILES string of the molecule is C/C(=C\Cc1c(O)c2ccccc2oc1=O)CCC[C@H](C)CCC[C@H](C)CCCC(C)C.C/C(=C\Cc1c(O)c2ccccc2oc1=O)CCC[C@H](C)CCC[C@H](C)CCCC(C)C. The predicted molar refractivity (Wildman–Crippen MR) is 273 cm³/mol. The molecule has 0 aliphatic rings. The second-order valence-electron chi connectivity index (χ2n) is 20.7. The molecule has 4 rings (SSSR count). The van der Waals surface area contributed by atoms with Gasteiger partial charge in [-0.05, 0) is 99.3 Å². The van der Waals surface area contributed by atoms with E-state index in [0.717, 1.165) is 48.3 Å². The van der Waals surface area contributed by atoms with Crippen LogP contribution in [-0.2, 0) is 12.8 Å². The molecule has 0 unspecified atom stereocenters. The number of hydrogen-bond acceptors (Lipinski definition) is 6. The normalized spacial score (nSPS) is 14.2. The molecule has 0 radical (unpaired) electrons. The summed E-state index contributed by atoms with van der Waals surface area (Å²) in [4.78, 5) is 24.5. The number of benzene rings is 2. The van der Waals surface area contributed by atoms with Crippen LogP contribution in [0.5, 0.6) is 11.5 Å². The number of allylic oxidation sites excluding steroid dienone is 4. The molecule has 0 aliphatic carbocycles. The Balaban J connectivity index is 0.000000340. The Kier molecular flexibility index (Phi) is 25.0. The highest BCUT2D eigenvalue weighted by Gasteiger charge is 2.15. The Morgan fingerprint density at radius 3 is 1.09 bits per heavy atom. The largest absolute Gasteiger partial charge is 0.507 e. The highest BCUT2D eigenvalue weighted by atomic mass is 16.4. The van der Waals surface area contributed by atoms with Crippen LogP contribution in [0.1, 0.15) is 196 Å². The van der Waals surface area contributed by atoms with Gasteiger partial charge >= 0.3 is 11.3 Å². The Morgan fingerprint density at radius 1 is 0.469 bits per heavy atom. The van der Waals surface area contributed by atoms with Gasteiger partial charge in [-0.25, -0.2) is 9.59 Å². The molecule has 0 saturated heterocycles. The van der Waals surface area contributed by atoms with Crippen LogP contribution in [-0.4, -0.2) is 10.2 Å². The Labute approximate surface area is 388 Å². The zero-order chi connectivity index (χ0) is 47.0. The van der Waals surface area contributed by atoms with E-state index in [0.29, 0.717) is 45.9 Å². The summed E-state index contributed by atoms with van der Waals surface area (Å²) in [6.45, 7) is 23.1. The zero-order valence-electron chi connectivity index (χ0n) is 41.9. The van der Waals surface area contributed by atoms with Crippen LogP contribution >= 0.6 is 0 Å². The lowest BCUT2D eigenvalue weighted by Crippen LogP contribution is -2.07. The van der Waals surface area contributed by atoms with Gasteiger partial charge in [-0.2, -0.15) is 0 Å². The van der Waals surface area contributed by atoms with E-state index in [2.05, 4.69) is 81.4 Å². The lowest BCUT2D eigenvalue weighted by molar-refractivity contribution is 0.389. The van der Waals surface area contributed by atoms with Crippen molar-refractivity contribution < 1.29 is 19.0 Å². The van der Waals surface area contributed by atoms with E-state index >= 15 is 0 Å². The van der Waals surface area contributed by atoms with E-state index in [1.54, 1.807) is 36.4 Å². The summed E-state index contributed by atoms with van der Waals surface area (Å²) >= 11 is 0. The minimum atomic E-state index is -0.447. The molecule has 0 bridgehead atoms. The van der Waals surface area contributed by atoms with Crippen molar-refractivity contribution in [3.8, 4) is 11.5 Å². The summed E-state index contributed by atoms with van der Waals surface area (Å²) in [5.74, 6) is 5.00. The van der Waals surface area contributed by atoms with Gasteiger partial charge < -0.3 is 19.0 Å². The first kappa shape index (κ1) is 54.3. The van der Waals surface area contributed by atoms with Crippen LogP contribution in [0.2, 0.25) is 0 Å². The Morgan fingerprint density at radius 2 is 0.766 bits per heavy atom. The quantitative estimate of drug-likeness (QED) is 0.0435. The van der Waals surface area contributed by atoms with Crippen molar-refractivity contribution in [1.82, 2.24) is 0 Å². The first-order valence-corrected chi connectivity index (χ1v) is 25.3. The van der Waals surface area contributed by atoms with Crippen molar-refractivity contribution in [3.63, 3.8) is 0 Å². The summed E-state index contributed by atoms with van der Waals surface area (Å²) in [6.07, 6.45) is 28.1. The molecule has 4 aromatic rings. The monoisotopic (exact) mass is 881 g/mol. The fraction of sp³-hybridized carbons (Fsp3) is 0.621. The average molecular weight is 881 g/mol. The zero-order valence-corrected chi connectivity index (χ0v) is 41.9. The summed E-state index contributed by atoms with van der Waals surface area (Å²) in [5, 5.41) is 22.2. The van der Waals surface area contributed by atoms with E-state index in [1.165, 1.54) is 114 Å². The van der Waals surface area contributed by atoms with Crippen molar-refractivity contribution in [3.05, 3.63) is 104 Å². The van der Waals surface area contributed by atoms with Gasteiger partial charge in [0.1, 0.15) is 22.7 Å². The fourth-order valence-electron chi connectivity index (χ4n) is 8.88. The second-order valence-corrected chi connectivity index (χ2v) is 20.7. The van der Waals surface area contributed by atoms with Gasteiger partial charge in [0.05, 0.1) is 21.9 Å². The maximum atomic E-state index is 12.3. The van der Waals surface area contributed by atoms with E-state index in [1.807, 2.05) is 12.1 Å².